The lowest BCUT2D eigenvalue weighted by molar-refractivity contribution is -0.202. The first-order valence-electron chi connectivity index (χ1n) is 9.57. The van der Waals surface area contributed by atoms with Gasteiger partial charge in [-0.25, -0.2) is 4.79 Å². The van der Waals surface area contributed by atoms with E-state index in [4.69, 9.17) is 0 Å². The Morgan fingerprint density at radius 1 is 0.783 bits per heavy atom. The second-order valence-electron chi connectivity index (χ2n) is 6.65. The van der Waals surface area contributed by atoms with Gasteiger partial charge < -0.3 is 14.6 Å². The molecule has 0 rings (SSSR count). The quantitative estimate of drug-likeness (QED) is 0.255. The Hall–Kier alpha value is -0.393. The summed E-state index contributed by atoms with van der Waals surface area (Å²) in [6.45, 7) is 2.25. The first-order valence-corrected chi connectivity index (χ1v) is 10.4. The number of hydrogen-bond acceptors (Lipinski definition) is 4. The fraction of sp³-hybridized carbons (Fsp3) is 0.944. The lowest BCUT2D eigenvalue weighted by Crippen LogP contribution is -2.39. The van der Waals surface area contributed by atoms with Crippen molar-refractivity contribution in [1.29, 1.82) is 0 Å². The van der Waals surface area contributed by atoms with Crippen LogP contribution >= 0.6 is 0 Å². The van der Waals surface area contributed by atoms with E-state index < -0.39 is 11.8 Å². The molecule has 0 atom stereocenters. The molecule has 0 aliphatic carbocycles. The highest BCUT2D eigenvalue weighted by Gasteiger charge is 2.32. The standard InChI is InChI=1S/C18H38O4Si/c1-2-3-4-5-6-7-8-9-10-11-12-13-14-15-16-18(20,21)17(19)22-23/h20-21H,2-16H2,1,23H3. The van der Waals surface area contributed by atoms with Crippen LogP contribution < -0.4 is 0 Å². The Balaban J connectivity index is 3.24. The van der Waals surface area contributed by atoms with E-state index in [1.807, 2.05) is 0 Å². The lowest BCUT2D eigenvalue weighted by Gasteiger charge is -2.18. The summed E-state index contributed by atoms with van der Waals surface area (Å²) in [7, 11) is 0.196. The molecule has 0 aromatic rings. The molecule has 0 heterocycles. The van der Waals surface area contributed by atoms with Gasteiger partial charge in [0.2, 0.25) is 10.5 Å². The van der Waals surface area contributed by atoms with Gasteiger partial charge in [-0.15, -0.1) is 0 Å². The predicted molar refractivity (Wildman–Crippen MR) is 98.1 cm³/mol. The van der Waals surface area contributed by atoms with E-state index >= 15 is 0 Å². The summed E-state index contributed by atoms with van der Waals surface area (Å²) in [4.78, 5) is 11.1. The molecule has 0 aromatic carbocycles. The number of unbranched alkanes of at least 4 members (excludes halogenated alkanes) is 13. The number of hydrogen-bond donors (Lipinski definition) is 2. The number of carbonyl (C=O) groups is 1. The molecule has 23 heavy (non-hydrogen) atoms. The molecule has 0 saturated heterocycles. The van der Waals surface area contributed by atoms with Crippen molar-refractivity contribution >= 4 is 16.5 Å². The van der Waals surface area contributed by atoms with E-state index in [9.17, 15) is 15.0 Å². The van der Waals surface area contributed by atoms with Gasteiger partial charge in [0, 0.05) is 6.42 Å². The first kappa shape index (κ1) is 22.6. The molecule has 0 radical (unpaired) electrons. The summed E-state index contributed by atoms with van der Waals surface area (Å²) in [5.74, 6) is -3.18. The molecule has 0 aliphatic rings. The van der Waals surface area contributed by atoms with Crippen LogP contribution in [0.2, 0.25) is 0 Å². The van der Waals surface area contributed by atoms with Crippen molar-refractivity contribution in [3.05, 3.63) is 0 Å². The van der Waals surface area contributed by atoms with Crippen molar-refractivity contribution in [3.63, 3.8) is 0 Å². The normalized spacial score (nSPS) is 11.8. The third kappa shape index (κ3) is 13.7. The van der Waals surface area contributed by atoms with Crippen molar-refractivity contribution in [2.45, 2.75) is 109 Å². The van der Waals surface area contributed by atoms with Gasteiger partial charge in [-0.05, 0) is 6.42 Å². The van der Waals surface area contributed by atoms with Gasteiger partial charge in [0.1, 0.15) is 0 Å². The monoisotopic (exact) mass is 346 g/mol. The summed E-state index contributed by atoms with van der Waals surface area (Å²) >= 11 is 0. The second kappa shape index (κ2) is 15.2. The van der Waals surface area contributed by atoms with E-state index in [1.54, 1.807) is 0 Å². The van der Waals surface area contributed by atoms with Crippen molar-refractivity contribution in [1.82, 2.24) is 0 Å². The Morgan fingerprint density at radius 3 is 1.48 bits per heavy atom. The lowest BCUT2D eigenvalue weighted by atomic mass is 10.0. The first-order chi connectivity index (χ1) is 11.0. The van der Waals surface area contributed by atoms with Gasteiger partial charge in [0.25, 0.3) is 5.79 Å². The number of rotatable bonds is 16. The van der Waals surface area contributed by atoms with E-state index in [2.05, 4.69) is 11.3 Å². The molecule has 0 aromatic heterocycles. The van der Waals surface area contributed by atoms with Crippen LogP contribution in [0, 0.1) is 0 Å². The zero-order chi connectivity index (χ0) is 17.4. The zero-order valence-electron chi connectivity index (χ0n) is 15.3. The fourth-order valence-corrected chi connectivity index (χ4v) is 3.16. The van der Waals surface area contributed by atoms with E-state index in [0.29, 0.717) is 6.42 Å². The molecule has 4 nitrogen and oxygen atoms in total. The highest BCUT2D eigenvalue weighted by Crippen LogP contribution is 2.16. The Morgan fingerprint density at radius 2 is 1.13 bits per heavy atom. The molecule has 5 heteroatoms. The average Bonchev–Trinajstić information content (AvgIpc) is 2.54. The molecule has 0 bridgehead atoms. The highest BCUT2D eigenvalue weighted by molar-refractivity contribution is 6.06. The minimum atomic E-state index is -2.28. The van der Waals surface area contributed by atoms with Gasteiger partial charge in [0.05, 0.1) is 0 Å². The molecule has 0 unspecified atom stereocenters. The zero-order valence-corrected chi connectivity index (χ0v) is 17.3. The van der Waals surface area contributed by atoms with E-state index in [0.717, 1.165) is 12.8 Å². The van der Waals surface area contributed by atoms with Crippen LogP contribution in [0.4, 0.5) is 0 Å². The molecule has 0 aliphatic heterocycles. The maximum absolute atomic E-state index is 11.1. The Bertz CT molecular complexity index is 282. The van der Waals surface area contributed by atoms with Crippen LogP contribution in [0.15, 0.2) is 0 Å². The van der Waals surface area contributed by atoms with Crippen LogP contribution in [0.5, 0.6) is 0 Å². The maximum atomic E-state index is 11.1. The summed E-state index contributed by atoms with van der Waals surface area (Å²) in [6.07, 6.45) is 17.5. The van der Waals surface area contributed by atoms with Gasteiger partial charge in [-0.3, -0.25) is 0 Å². The molecule has 2 N–H and O–H groups in total. The number of carbonyl (C=O) groups excluding carboxylic acids is 1. The van der Waals surface area contributed by atoms with Gasteiger partial charge in [-0.1, -0.05) is 90.4 Å². The van der Waals surface area contributed by atoms with Crippen molar-refractivity contribution in [3.8, 4) is 0 Å². The summed E-state index contributed by atoms with van der Waals surface area (Å²) in [5.41, 5.74) is 0. The molecule has 0 amide bonds. The maximum Gasteiger partial charge on any atom is 0.352 e. The smallest absolute Gasteiger partial charge is 0.352 e. The largest absolute Gasteiger partial charge is 0.525 e. The highest BCUT2D eigenvalue weighted by atomic mass is 28.2. The summed E-state index contributed by atoms with van der Waals surface area (Å²) in [6, 6.07) is 0. The van der Waals surface area contributed by atoms with E-state index in [1.165, 1.54) is 70.6 Å². The molecule has 0 fully saturated rings. The van der Waals surface area contributed by atoms with Crippen molar-refractivity contribution in [2.75, 3.05) is 0 Å². The number of aliphatic hydroxyl groups is 2. The molecular formula is C18H38O4Si. The van der Waals surface area contributed by atoms with Crippen molar-refractivity contribution in [2.24, 2.45) is 0 Å². The van der Waals surface area contributed by atoms with Gasteiger partial charge in [-0.2, -0.15) is 0 Å². The molecule has 138 valence electrons. The van der Waals surface area contributed by atoms with Crippen LogP contribution in [-0.4, -0.2) is 32.5 Å². The third-order valence-electron chi connectivity index (χ3n) is 4.39. The SMILES string of the molecule is CCCCCCCCCCCCCCCCC(O)(O)C(=O)O[SiH3]. The van der Waals surface area contributed by atoms with Crippen LogP contribution in [0.1, 0.15) is 103 Å². The van der Waals surface area contributed by atoms with Gasteiger partial charge >= 0.3 is 5.97 Å². The molecular weight excluding hydrogens is 308 g/mol. The third-order valence-corrected chi connectivity index (χ3v) is 4.76. The Labute approximate surface area is 145 Å². The molecule has 0 saturated carbocycles. The van der Waals surface area contributed by atoms with Crippen molar-refractivity contribution < 1.29 is 19.4 Å². The fourth-order valence-electron chi connectivity index (χ4n) is 2.83. The predicted octanol–water partition coefficient (Wildman–Crippen LogP) is 3.36. The van der Waals surface area contributed by atoms with Crippen LogP contribution in [-0.2, 0) is 9.22 Å². The summed E-state index contributed by atoms with van der Waals surface area (Å²) in [5, 5.41) is 19.0. The van der Waals surface area contributed by atoms with Crippen LogP contribution in [0.25, 0.3) is 0 Å². The molecule has 0 spiro atoms. The second-order valence-corrected chi connectivity index (χ2v) is 7.06. The van der Waals surface area contributed by atoms with E-state index in [-0.39, 0.29) is 16.9 Å². The topological polar surface area (TPSA) is 66.8 Å². The summed E-state index contributed by atoms with van der Waals surface area (Å²) < 4.78 is 4.48. The average molecular weight is 347 g/mol. The minimum absolute atomic E-state index is 0.0755. The van der Waals surface area contributed by atoms with Crippen LogP contribution in [0.3, 0.4) is 0 Å². The van der Waals surface area contributed by atoms with Gasteiger partial charge in [0.15, 0.2) is 0 Å². The minimum Gasteiger partial charge on any atom is -0.525 e. The Kier molecular flexibility index (Phi) is 14.9.